The molecule has 0 spiro atoms. The smallest absolute Gasteiger partial charge is 0.271 e. The first kappa shape index (κ1) is 29.1. The molecule has 11 heteroatoms. The van der Waals surface area contributed by atoms with E-state index in [1.165, 1.54) is 6.20 Å². The number of benzene rings is 2. The fourth-order valence-corrected chi connectivity index (χ4v) is 5.80. The van der Waals surface area contributed by atoms with Crippen LogP contribution in [0.5, 0.6) is 0 Å². The normalized spacial score (nSPS) is 14.8. The molecule has 4 aromatic rings. The molecule has 1 saturated heterocycles. The molecule has 226 valence electrons. The summed E-state index contributed by atoms with van der Waals surface area (Å²) in [7, 11) is 1.85. The van der Waals surface area contributed by atoms with Crippen LogP contribution in [0.3, 0.4) is 0 Å². The second-order valence-electron chi connectivity index (χ2n) is 10.8. The Morgan fingerprint density at radius 1 is 1.02 bits per heavy atom. The Balaban J connectivity index is 1.29. The standard InChI is InChI=1S/C33H34N6O5/c1-20-26(17-28(31(41)36-20)37-30-9-6-22(18-35-30)32(42)38-12-14-44-15-13-38)25-4-3-5-29(27(25)19-40)39-11-10-21-16-23(34-2)7-8-24(21)33(39)43/h3-9,16-18,34,40H,10-15,19H2,1-2H3,(H,35,37)(H,36,41). The minimum absolute atomic E-state index is 0.113. The number of anilines is 4. The first-order valence-corrected chi connectivity index (χ1v) is 14.6. The second kappa shape index (κ2) is 12.3. The molecular weight excluding hydrogens is 560 g/mol. The summed E-state index contributed by atoms with van der Waals surface area (Å²) >= 11 is 0. The summed E-state index contributed by atoms with van der Waals surface area (Å²) in [5.41, 5.74) is 6.16. The minimum atomic E-state index is -0.341. The Bertz CT molecular complexity index is 1780. The van der Waals surface area contributed by atoms with Gasteiger partial charge >= 0.3 is 0 Å². The predicted molar refractivity (Wildman–Crippen MR) is 169 cm³/mol. The van der Waals surface area contributed by atoms with Crippen LogP contribution < -0.4 is 21.1 Å². The maximum absolute atomic E-state index is 13.6. The van der Waals surface area contributed by atoms with Gasteiger partial charge in [-0.2, -0.15) is 0 Å². The van der Waals surface area contributed by atoms with E-state index in [2.05, 4.69) is 20.6 Å². The number of fused-ring (bicyclic) bond motifs is 1. The Labute approximate surface area is 254 Å². The highest BCUT2D eigenvalue weighted by atomic mass is 16.5. The third kappa shape index (κ3) is 5.54. The van der Waals surface area contributed by atoms with Crippen LogP contribution in [-0.2, 0) is 17.8 Å². The monoisotopic (exact) mass is 594 g/mol. The highest BCUT2D eigenvalue weighted by molar-refractivity contribution is 6.09. The van der Waals surface area contributed by atoms with E-state index in [0.717, 1.165) is 11.3 Å². The number of carbonyl (C=O) groups is 2. The molecule has 2 aliphatic rings. The van der Waals surface area contributed by atoms with E-state index < -0.39 is 0 Å². The quantitative estimate of drug-likeness (QED) is 0.254. The van der Waals surface area contributed by atoms with Gasteiger partial charge in [0.2, 0.25) is 0 Å². The van der Waals surface area contributed by atoms with Gasteiger partial charge in [0.15, 0.2) is 0 Å². The molecule has 2 aliphatic heterocycles. The number of morpholine rings is 1. The second-order valence-corrected chi connectivity index (χ2v) is 10.8. The van der Waals surface area contributed by atoms with Crippen molar-refractivity contribution in [3.05, 3.63) is 99.1 Å². The summed E-state index contributed by atoms with van der Waals surface area (Å²) in [4.78, 5) is 50.0. The first-order valence-electron chi connectivity index (χ1n) is 14.6. The largest absolute Gasteiger partial charge is 0.392 e. The first-order chi connectivity index (χ1) is 21.4. The van der Waals surface area contributed by atoms with Gasteiger partial charge in [-0.15, -0.1) is 0 Å². The Kier molecular flexibility index (Phi) is 8.14. The lowest BCUT2D eigenvalue weighted by atomic mass is 9.94. The summed E-state index contributed by atoms with van der Waals surface area (Å²) in [6.07, 6.45) is 2.17. The van der Waals surface area contributed by atoms with Crippen molar-refractivity contribution >= 4 is 34.7 Å². The number of aromatic nitrogens is 2. The number of ether oxygens (including phenoxy) is 1. The molecule has 11 nitrogen and oxygen atoms in total. The summed E-state index contributed by atoms with van der Waals surface area (Å²) in [5, 5.41) is 16.8. The van der Waals surface area contributed by atoms with Gasteiger partial charge in [0.05, 0.1) is 31.1 Å². The molecular formula is C33H34N6O5. The molecule has 0 bridgehead atoms. The topological polar surface area (TPSA) is 140 Å². The number of nitrogens with zero attached hydrogens (tertiary/aromatic N) is 3. The van der Waals surface area contributed by atoms with Crippen molar-refractivity contribution in [2.24, 2.45) is 0 Å². The van der Waals surface area contributed by atoms with Gasteiger partial charge in [0, 0.05) is 61.0 Å². The number of nitrogens with one attached hydrogen (secondary N) is 3. The molecule has 2 aromatic heterocycles. The maximum Gasteiger partial charge on any atom is 0.271 e. The van der Waals surface area contributed by atoms with Gasteiger partial charge in [0.1, 0.15) is 11.5 Å². The number of carbonyl (C=O) groups excluding carboxylic acids is 2. The number of hydrogen-bond acceptors (Lipinski definition) is 8. The molecule has 0 radical (unpaired) electrons. The summed E-state index contributed by atoms with van der Waals surface area (Å²) in [6.45, 7) is 4.06. The van der Waals surface area contributed by atoms with E-state index in [9.17, 15) is 19.5 Å². The Morgan fingerprint density at radius 3 is 2.57 bits per heavy atom. The number of aromatic amines is 1. The maximum atomic E-state index is 13.6. The van der Waals surface area contributed by atoms with Crippen LogP contribution in [0.1, 0.15) is 37.5 Å². The van der Waals surface area contributed by atoms with Crippen LogP contribution in [0.25, 0.3) is 11.1 Å². The molecule has 0 unspecified atom stereocenters. The number of H-pyrrole nitrogens is 1. The lowest BCUT2D eigenvalue weighted by Gasteiger charge is -2.31. The van der Waals surface area contributed by atoms with Crippen molar-refractivity contribution in [1.82, 2.24) is 14.9 Å². The fraction of sp³-hybridized carbons (Fsp3) is 0.273. The van der Waals surface area contributed by atoms with E-state index in [1.807, 2.05) is 43.4 Å². The minimum Gasteiger partial charge on any atom is -0.392 e. The Morgan fingerprint density at radius 2 is 1.84 bits per heavy atom. The zero-order valence-corrected chi connectivity index (χ0v) is 24.6. The number of rotatable bonds is 7. The summed E-state index contributed by atoms with van der Waals surface area (Å²) in [5.74, 6) is 0.166. The van der Waals surface area contributed by atoms with Crippen molar-refractivity contribution in [3.8, 4) is 11.1 Å². The third-order valence-electron chi connectivity index (χ3n) is 8.17. The van der Waals surface area contributed by atoms with Crippen molar-refractivity contribution in [1.29, 1.82) is 0 Å². The lowest BCUT2D eigenvalue weighted by Crippen LogP contribution is -2.40. The van der Waals surface area contributed by atoms with Crippen molar-refractivity contribution in [3.63, 3.8) is 0 Å². The zero-order valence-electron chi connectivity index (χ0n) is 24.6. The van der Waals surface area contributed by atoms with E-state index in [4.69, 9.17) is 4.74 Å². The number of amides is 2. The van der Waals surface area contributed by atoms with Gasteiger partial charge in [-0.05, 0) is 66.9 Å². The molecule has 44 heavy (non-hydrogen) atoms. The van der Waals surface area contributed by atoms with Crippen LogP contribution >= 0.6 is 0 Å². The molecule has 2 aromatic carbocycles. The van der Waals surface area contributed by atoms with Crippen LogP contribution in [0, 0.1) is 6.92 Å². The van der Waals surface area contributed by atoms with Crippen molar-refractivity contribution in [2.45, 2.75) is 20.0 Å². The molecule has 0 aliphatic carbocycles. The van der Waals surface area contributed by atoms with Gasteiger partial charge in [-0.1, -0.05) is 12.1 Å². The highest BCUT2D eigenvalue weighted by Crippen LogP contribution is 2.36. The number of aliphatic hydroxyl groups is 1. The van der Waals surface area contributed by atoms with Crippen LogP contribution in [0.4, 0.5) is 22.9 Å². The molecule has 2 amide bonds. The zero-order chi connectivity index (χ0) is 30.8. The van der Waals surface area contributed by atoms with E-state index in [-0.39, 0.29) is 29.7 Å². The molecule has 4 heterocycles. The van der Waals surface area contributed by atoms with Crippen LogP contribution in [-0.4, -0.2) is 71.7 Å². The molecule has 1 fully saturated rings. The lowest BCUT2D eigenvalue weighted by molar-refractivity contribution is 0.0302. The Hall–Kier alpha value is -5.00. The third-order valence-corrected chi connectivity index (χ3v) is 8.17. The van der Waals surface area contributed by atoms with Crippen LogP contribution in [0.2, 0.25) is 0 Å². The fourth-order valence-electron chi connectivity index (χ4n) is 5.80. The molecule has 0 atom stereocenters. The van der Waals surface area contributed by atoms with Gasteiger partial charge in [0.25, 0.3) is 17.4 Å². The van der Waals surface area contributed by atoms with Gasteiger partial charge in [-0.25, -0.2) is 4.98 Å². The predicted octanol–water partition coefficient (Wildman–Crippen LogP) is 3.70. The average Bonchev–Trinajstić information content (AvgIpc) is 3.06. The SMILES string of the molecule is CNc1ccc2c(c1)CCN(c1cccc(-c3cc(Nc4ccc(C(=O)N5CCOCC5)cn4)c(=O)[nH]c3C)c1CO)C2=O. The van der Waals surface area contributed by atoms with E-state index in [0.29, 0.717) is 84.3 Å². The number of hydrogen-bond donors (Lipinski definition) is 4. The van der Waals surface area contributed by atoms with Gasteiger partial charge < -0.3 is 35.3 Å². The molecule has 4 N–H and O–H groups in total. The van der Waals surface area contributed by atoms with Crippen molar-refractivity contribution in [2.75, 3.05) is 55.4 Å². The molecule has 6 rings (SSSR count). The average molecular weight is 595 g/mol. The van der Waals surface area contributed by atoms with E-state index >= 15 is 0 Å². The van der Waals surface area contributed by atoms with E-state index in [1.54, 1.807) is 34.9 Å². The van der Waals surface area contributed by atoms with Gasteiger partial charge in [-0.3, -0.25) is 14.4 Å². The van der Waals surface area contributed by atoms with Crippen LogP contribution in [0.15, 0.2) is 65.6 Å². The highest BCUT2D eigenvalue weighted by Gasteiger charge is 2.28. The summed E-state index contributed by atoms with van der Waals surface area (Å²) in [6, 6.07) is 16.3. The number of aliphatic hydroxyl groups excluding tert-OH is 1. The molecule has 0 saturated carbocycles. The van der Waals surface area contributed by atoms with Crippen molar-refractivity contribution < 1.29 is 19.4 Å². The summed E-state index contributed by atoms with van der Waals surface area (Å²) < 4.78 is 5.32. The number of pyridine rings is 2. The number of aryl methyl sites for hydroxylation is 1.